The molecule has 3 heterocycles. The number of aryl methyl sites for hydroxylation is 2. The summed E-state index contributed by atoms with van der Waals surface area (Å²) in [5.41, 5.74) is 2.26. The first-order chi connectivity index (χ1) is 20.9. The van der Waals surface area contributed by atoms with Gasteiger partial charge in [0.15, 0.2) is 10.1 Å². The van der Waals surface area contributed by atoms with Crippen LogP contribution in [0.4, 0.5) is 5.13 Å². The first-order valence-electron chi connectivity index (χ1n) is 13.4. The summed E-state index contributed by atoms with van der Waals surface area (Å²) < 4.78 is 6.40. The Bertz CT molecular complexity index is 1910. The van der Waals surface area contributed by atoms with Crippen LogP contribution in [0.1, 0.15) is 37.5 Å². The molecule has 1 unspecified atom stereocenters. The van der Waals surface area contributed by atoms with Crippen LogP contribution < -0.4 is 9.64 Å². The van der Waals surface area contributed by atoms with Gasteiger partial charge in [0.05, 0.1) is 27.2 Å². The Kier molecular flexibility index (Phi) is 8.11. The molecule has 3 aromatic carbocycles. The number of carbonyl (C=O) groups excluding carboxylic acids is 2. The molecule has 8 nitrogen and oxygen atoms in total. The number of amides is 1. The molecule has 6 rings (SSSR count). The number of thiazole rings is 1. The smallest absolute Gasteiger partial charge is 0.296 e. The standard InChI is InChI=1S/C32H26N4O4S3/c1-4-15-40-23-13-8-11-21(16-23)26-25(27(37)29-18(2)33-19(3)42-29)28(38)30(39)36(26)31-34-35-32(43-31)41-17-22-12-7-10-20-9-5-6-14-24(20)22/h4-14,16,26,38H,1,15,17H2,2-3H3. The lowest BCUT2D eigenvalue weighted by Crippen LogP contribution is -2.31. The lowest BCUT2D eigenvalue weighted by atomic mass is 9.95. The SMILES string of the molecule is C=CCOc1cccc(C2C(C(=O)c3sc(C)nc3C)=C(O)C(=O)N2c2nnc(SCc3cccc4ccccc34)s2)c1. The molecular formula is C32H26N4O4S3. The molecule has 11 heteroatoms. The van der Waals surface area contributed by atoms with Crippen molar-refractivity contribution < 1.29 is 19.4 Å². The molecule has 0 aliphatic carbocycles. The van der Waals surface area contributed by atoms with Crippen molar-refractivity contribution in [1.82, 2.24) is 15.2 Å². The van der Waals surface area contributed by atoms with E-state index in [4.69, 9.17) is 4.74 Å². The number of Topliss-reactive ketones (excluding diaryl/α,β-unsaturated/α-hetero) is 1. The Morgan fingerprint density at radius 3 is 2.67 bits per heavy atom. The van der Waals surface area contributed by atoms with Crippen molar-refractivity contribution >= 4 is 62.0 Å². The monoisotopic (exact) mass is 626 g/mol. The van der Waals surface area contributed by atoms with Gasteiger partial charge in [0, 0.05) is 5.75 Å². The molecule has 1 aliphatic rings. The summed E-state index contributed by atoms with van der Waals surface area (Å²) in [7, 11) is 0. The maximum Gasteiger partial charge on any atom is 0.296 e. The molecule has 1 atom stereocenters. The van der Waals surface area contributed by atoms with E-state index in [-0.39, 0.29) is 17.3 Å². The maximum absolute atomic E-state index is 13.9. The van der Waals surface area contributed by atoms with Crippen LogP contribution in [0.15, 0.2) is 95.1 Å². The number of aromatic nitrogens is 3. The lowest BCUT2D eigenvalue weighted by Gasteiger charge is -2.24. The number of carbonyl (C=O) groups is 2. The molecule has 0 bridgehead atoms. The molecule has 0 fully saturated rings. The number of aliphatic hydroxyl groups is 1. The normalized spacial score (nSPS) is 15.0. The summed E-state index contributed by atoms with van der Waals surface area (Å²) >= 11 is 3.98. The fraction of sp³-hybridized carbons (Fsp3) is 0.156. The van der Waals surface area contributed by atoms with Crippen molar-refractivity contribution in [3.05, 3.63) is 117 Å². The first-order valence-corrected chi connectivity index (χ1v) is 16.0. The highest BCUT2D eigenvalue weighted by Crippen LogP contribution is 2.45. The van der Waals surface area contributed by atoms with Gasteiger partial charge in [-0.15, -0.1) is 21.5 Å². The summed E-state index contributed by atoms with van der Waals surface area (Å²) in [5, 5.41) is 23.2. The molecule has 43 heavy (non-hydrogen) atoms. The van der Waals surface area contributed by atoms with Gasteiger partial charge >= 0.3 is 0 Å². The highest BCUT2D eigenvalue weighted by atomic mass is 32.2. The van der Waals surface area contributed by atoms with E-state index in [0.29, 0.717) is 32.0 Å². The second kappa shape index (κ2) is 12.1. The van der Waals surface area contributed by atoms with Crippen LogP contribution in [0, 0.1) is 13.8 Å². The predicted octanol–water partition coefficient (Wildman–Crippen LogP) is 7.40. The van der Waals surface area contributed by atoms with Crippen LogP contribution in [-0.4, -0.2) is 38.6 Å². The number of anilines is 1. The lowest BCUT2D eigenvalue weighted by molar-refractivity contribution is -0.117. The number of ketones is 1. The Labute approximate surface area is 260 Å². The fourth-order valence-electron chi connectivity index (χ4n) is 5.06. The van der Waals surface area contributed by atoms with Crippen molar-refractivity contribution in [1.29, 1.82) is 0 Å². The molecule has 2 aromatic heterocycles. The topological polar surface area (TPSA) is 106 Å². The van der Waals surface area contributed by atoms with Crippen molar-refractivity contribution in [2.45, 2.75) is 30.0 Å². The average molecular weight is 627 g/mol. The second-order valence-electron chi connectivity index (χ2n) is 9.77. The van der Waals surface area contributed by atoms with E-state index in [1.165, 1.54) is 44.7 Å². The van der Waals surface area contributed by atoms with E-state index in [2.05, 4.69) is 46.0 Å². The van der Waals surface area contributed by atoms with Gasteiger partial charge in [-0.25, -0.2) is 4.98 Å². The highest BCUT2D eigenvalue weighted by molar-refractivity contribution is 8.00. The minimum atomic E-state index is -0.946. The van der Waals surface area contributed by atoms with Crippen LogP contribution in [-0.2, 0) is 10.5 Å². The maximum atomic E-state index is 13.9. The Hall–Kier alpha value is -4.32. The quantitative estimate of drug-likeness (QED) is 0.0740. The molecular weight excluding hydrogens is 601 g/mol. The molecule has 1 aliphatic heterocycles. The van der Waals surface area contributed by atoms with Crippen LogP contribution in [0.3, 0.4) is 0 Å². The summed E-state index contributed by atoms with van der Waals surface area (Å²) in [6.45, 7) is 7.54. The van der Waals surface area contributed by atoms with E-state index in [1.54, 1.807) is 37.3 Å². The van der Waals surface area contributed by atoms with Gasteiger partial charge in [-0.05, 0) is 47.9 Å². The second-order valence-corrected chi connectivity index (χ2v) is 13.1. The van der Waals surface area contributed by atoms with Gasteiger partial charge in [-0.3, -0.25) is 14.5 Å². The highest BCUT2D eigenvalue weighted by Gasteiger charge is 2.46. The predicted molar refractivity (Wildman–Crippen MR) is 171 cm³/mol. The molecule has 1 amide bonds. The summed E-state index contributed by atoms with van der Waals surface area (Å²) in [6, 6.07) is 20.6. The summed E-state index contributed by atoms with van der Waals surface area (Å²) in [5.74, 6) is -0.581. The third-order valence-corrected chi connectivity index (χ3v) is 10.1. The van der Waals surface area contributed by atoms with Crippen LogP contribution in [0.5, 0.6) is 5.75 Å². The molecule has 0 spiro atoms. The van der Waals surface area contributed by atoms with Crippen molar-refractivity contribution in [2.75, 3.05) is 11.5 Å². The van der Waals surface area contributed by atoms with Gasteiger partial charge in [0.25, 0.3) is 5.91 Å². The van der Waals surface area contributed by atoms with Gasteiger partial charge < -0.3 is 9.84 Å². The van der Waals surface area contributed by atoms with Gasteiger partial charge in [-0.1, -0.05) is 90.4 Å². The Morgan fingerprint density at radius 1 is 1.09 bits per heavy atom. The van der Waals surface area contributed by atoms with Crippen molar-refractivity contribution in [2.24, 2.45) is 0 Å². The zero-order valence-electron chi connectivity index (χ0n) is 23.3. The van der Waals surface area contributed by atoms with Gasteiger partial charge in [0.2, 0.25) is 10.9 Å². The third kappa shape index (κ3) is 5.58. The fourth-order valence-corrected chi connectivity index (χ4v) is 7.81. The summed E-state index contributed by atoms with van der Waals surface area (Å²) in [4.78, 5) is 33.7. The molecule has 1 N–H and O–H groups in total. The average Bonchev–Trinajstić information content (AvgIpc) is 3.70. The molecule has 216 valence electrons. The van der Waals surface area contributed by atoms with Gasteiger partial charge in [-0.2, -0.15) is 0 Å². The number of fused-ring (bicyclic) bond motifs is 1. The van der Waals surface area contributed by atoms with Crippen LogP contribution in [0.2, 0.25) is 0 Å². The Morgan fingerprint density at radius 2 is 1.88 bits per heavy atom. The number of aliphatic hydroxyl groups excluding tert-OH is 1. The minimum Gasteiger partial charge on any atom is -0.503 e. The van der Waals surface area contributed by atoms with E-state index >= 15 is 0 Å². The number of rotatable bonds is 10. The minimum absolute atomic E-state index is 0.0298. The van der Waals surface area contributed by atoms with Crippen molar-refractivity contribution in [3.8, 4) is 5.75 Å². The van der Waals surface area contributed by atoms with E-state index in [0.717, 1.165) is 16.0 Å². The van der Waals surface area contributed by atoms with E-state index < -0.39 is 23.5 Å². The number of thioether (sulfide) groups is 1. The first kappa shape index (κ1) is 28.8. The number of nitrogens with zero attached hydrogens (tertiary/aromatic N) is 4. The number of benzene rings is 3. The molecule has 0 saturated heterocycles. The number of ether oxygens (including phenoxy) is 1. The van der Waals surface area contributed by atoms with Crippen molar-refractivity contribution in [3.63, 3.8) is 0 Å². The molecule has 5 aromatic rings. The Balaban J connectivity index is 1.36. The third-order valence-electron chi connectivity index (χ3n) is 6.94. The van der Waals surface area contributed by atoms with E-state index in [1.807, 2.05) is 25.1 Å². The van der Waals surface area contributed by atoms with Crippen LogP contribution >= 0.6 is 34.4 Å². The molecule has 0 saturated carbocycles. The zero-order valence-corrected chi connectivity index (χ0v) is 25.8. The van der Waals surface area contributed by atoms with E-state index in [9.17, 15) is 14.7 Å². The van der Waals surface area contributed by atoms with Crippen LogP contribution in [0.25, 0.3) is 10.8 Å². The largest absolute Gasteiger partial charge is 0.503 e. The zero-order chi connectivity index (χ0) is 30.1. The number of hydrogen-bond acceptors (Lipinski definition) is 10. The van der Waals surface area contributed by atoms with Gasteiger partial charge in [0.1, 0.15) is 12.4 Å². The summed E-state index contributed by atoms with van der Waals surface area (Å²) in [6.07, 6.45) is 1.63. The molecule has 0 radical (unpaired) electrons. The number of hydrogen-bond donors (Lipinski definition) is 1.